The molecule has 102 valence electrons. The van der Waals surface area contributed by atoms with Crippen LogP contribution >= 0.6 is 0 Å². The zero-order valence-electron chi connectivity index (χ0n) is 10.6. The van der Waals surface area contributed by atoms with Crippen molar-refractivity contribution < 1.29 is 18.9 Å². The van der Waals surface area contributed by atoms with Crippen molar-refractivity contribution in [3.8, 4) is 11.5 Å². The fraction of sp³-hybridized carbons (Fsp3) is 0.462. The molecule has 1 aromatic carbocycles. The Bertz CT molecular complexity index is 494. The van der Waals surface area contributed by atoms with Gasteiger partial charge in [-0.1, -0.05) is 0 Å². The average molecular weight is 264 g/mol. The van der Waals surface area contributed by atoms with E-state index in [4.69, 9.17) is 18.9 Å². The molecule has 0 atom stereocenters. The number of imidazole rings is 1. The molecule has 1 aliphatic rings. The number of nitrogens with one attached hydrogen (secondary N) is 1. The first-order chi connectivity index (χ1) is 9.43. The van der Waals surface area contributed by atoms with E-state index >= 15 is 0 Å². The third kappa shape index (κ3) is 2.97. The molecule has 1 aliphatic heterocycles. The molecule has 0 fully saturated rings. The normalized spacial score (nSPS) is 17.7. The minimum absolute atomic E-state index is 0.478. The maximum atomic E-state index is 5.70. The number of aromatic amines is 1. The Kier molecular flexibility index (Phi) is 3.81. The lowest BCUT2D eigenvalue weighted by Crippen LogP contribution is -2.15. The van der Waals surface area contributed by atoms with Gasteiger partial charge >= 0.3 is 0 Å². The summed E-state index contributed by atoms with van der Waals surface area (Å²) < 4.78 is 22.2. The molecular weight excluding hydrogens is 248 g/mol. The van der Waals surface area contributed by atoms with Gasteiger partial charge in [0.25, 0.3) is 0 Å². The first-order valence-corrected chi connectivity index (χ1v) is 6.32. The monoisotopic (exact) mass is 264 g/mol. The van der Waals surface area contributed by atoms with Crippen LogP contribution in [0.2, 0.25) is 0 Å². The summed E-state index contributed by atoms with van der Waals surface area (Å²) in [7, 11) is 0. The van der Waals surface area contributed by atoms with Gasteiger partial charge in [0.1, 0.15) is 13.2 Å². The van der Waals surface area contributed by atoms with Crippen molar-refractivity contribution in [2.75, 3.05) is 39.6 Å². The van der Waals surface area contributed by atoms with Crippen molar-refractivity contribution in [3.63, 3.8) is 0 Å². The first kappa shape index (κ1) is 12.3. The highest BCUT2D eigenvalue weighted by Crippen LogP contribution is 2.31. The van der Waals surface area contributed by atoms with E-state index in [-0.39, 0.29) is 0 Å². The molecule has 0 saturated carbocycles. The summed E-state index contributed by atoms with van der Waals surface area (Å²) in [5.74, 6) is 1.38. The lowest BCUT2D eigenvalue weighted by Gasteiger charge is -2.15. The molecule has 0 radical (unpaired) electrons. The number of H-pyrrole nitrogens is 1. The number of fused-ring (bicyclic) bond motifs is 2. The van der Waals surface area contributed by atoms with Crippen LogP contribution in [0.25, 0.3) is 11.0 Å². The fourth-order valence-electron chi connectivity index (χ4n) is 1.91. The number of nitrogens with zero attached hydrogens (tertiary/aromatic N) is 1. The molecule has 6 heteroatoms. The molecule has 1 N–H and O–H groups in total. The number of ether oxygens (including phenoxy) is 4. The van der Waals surface area contributed by atoms with Gasteiger partial charge < -0.3 is 23.9 Å². The second-order valence-corrected chi connectivity index (χ2v) is 4.14. The predicted molar refractivity (Wildman–Crippen MR) is 68.7 cm³/mol. The molecule has 2 aromatic rings. The lowest BCUT2D eigenvalue weighted by atomic mass is 10.2. The summed E-state index contributed by atoms with van der Waals surface area (Å²) in [4.78, 5) is 7.26. The summed E-state index contributed by atoms with van der Waals surface area (Å²) >= 11 is 0. The van der Waals surface area contributed by atoms with Crippen molar-refractivity contribution in [3.05, 3.63) is 18.5 Å². The Morgan fingerprint density at radius 3 is 2.21 bits per heavy atom. The van der Waals surface area contributed by atoms with E-state index in [0.29, 0.717) is 51.1 Å². The van der Waals surface area contributed by atoms with Gasteiger partial charge in [-0.15, -0.1) is 0 Å². The maximum absolute atomic E-state index is 5.70. The van der Waals surface area contributed by atoms with E-state index < -0.39 is 0 Å². The molecule has 6 nitrogen and oxygen atoms in total. The van der Waals surface area contributed by atoms with Crippen molar-refractivity contribution in [1.82, 2.24) is 9.97 Å². The van der Waals surface area contributed by atoms with Gasteiger partial charge in [-0.3, -0.25) is 0 Å². The minimum atomic E-state index is 0.478. The van der Waals surface area contributed by atoms with E-state index in [1.165, 1.54) is 0 Å². The summed E-state index contributed by atoms with van der Waals surface area (Å²) in [5, 5.41) is 0. The van der Waals surface area contributed by atoms with Crippen molar-refractivity contribution in [2.45, 2.75) is 0 Å². The van der Waals surface area contributed by atoms with Crippen LogP contribution in [-0.2, 0) is 9.47 Å². The summed E-state index contributed by atoms with van der Waals surface area (Å²) in [6.45, 7) is 3.18. The molecular formula is C13H16N2O4. The second-order valence-electron chi connectivity index (χ2n) is 4.14. The SMILES string of the molecule is c1nc2cc3c(cc2[nH]1)OCCOCCOCCO3. The summed E-state index contributed by atoms with van der Waals surface area (Å²) in [6, 6.07) is 3.76. The highest BCUT2D eigenvalue weighted by atomic mass is 16.6. The molecule has 1 aromatic heterocycles. The minimum Gasteiger partial charge on any atom is -0.487 e. The third-order valence-corrected chi connectivity index (χ3v) is 2.83. The van der Waals surface area contributed by atoms with Crippen LogP contribution in [0.4, 0.5) is 0 Å². The Morgan fingerprint density at radius 1 is 0.842 bits per heavy atom. The van der Waals surface area contributed by atoms with Crippen molar-refractivity contribution in [2.24, 2.45) is 0 Å². The molecule has 2 heterocycles. The molecule has 0 bridgehead atoms. The van der Waals surface area contributed by atoms with E-state index in [1.54, 1.807) is 6.33 Å². The number of rotatable bonds is 0. The smallest absolute Gasteiger partial charge is 0.163 e. The molecule has 0 unspecified atom stereocenters. The Morgan fingerprint density at radius 2 is 1.47 bits per heavy atom. The summed E-state index contributed by atoms with van der Waals surface area (Å²) in [6.07, 6.45) is 1.65. The van der Waals surface area contributed by atoms with E-state index in [1.807, 2.05) is 12.1 Å². The van der Waals surface area contributed by atoms with Crippen LogP contribution in [0.5, 0.6) is 11.5 Å². The van der Waals surface area contributed by atoms with Crippen LogP contribution in [0.3, 0.4) is 0 Å². The highest BCUT2D eigenvalue weighted by Gasteiger charge is 2.10. The largest absolute Gasteiger partial charge is 0.487 e. The Labute approximate surface area is 110 Å². The van der Waals surface area contributed by atoms with E-state index in [0.717, 1.165) is 11.0 Å². The van der Waals surface area contributed by atoms with Gasteiger partial charge in [-0.2, -0.15) is 0 Å². The molecule has 0 amide bonds. The Balaban J connectivity index is 1.84. The van der Waals surface area contributed by atoms with Gasteiger partial charge in [0.15, 0.2) is 11.5 Å². The number of aromatic nitrogens is 2. The third-order valence-electron chi connectivity index (χ3n) is 2.83. The number of hydrogen-bond acceptors (Lipinski definition) is 5. The van der Waals surface area contributed by atoms with Crippen LogP contribution in [0.1, 0.15) is 0 Å². The van der Waals surface area contributed by atoms with Crippen LogP contribution < -0.4 is 9.47 Å². The molecule has 3 rings (SSSR count). The second kappa shape index (κ2) is 5.90. The fourth-order valence-corrected chi connectivity index (χ4v) is 1.91. The molecule has 19 heavy (non-hydrogen) atoms. The highest BCUT2D eigenvalue weighted by molar-refractivity contribution is 5.79. The molecule has 0 saturated heterocycles. The van der Waals surface area contributed by atoms with Gasteiger partial charge in [-0.05, 0) is 0 Å². The predicted octanol–water partition coefficient (Wildman–Crippen LogP) is 1.37. The van der Waals surface area contributed by atoms with E-state index in [9.17, 15) is 0 Å². The summed E-state index contributed by atoms with van der Waals surface area (Å²) in [5.41, 5.74) is 1.78. The van der Waals surface area contributed by atoms with Crippen LogP contribution in [0, 0.1) is 0 Å². The van der Waals surface area contributed by atoms with Crippen LogP contribution in [0.15, 0.2) is 18.5 Å². The van der Waals surface area contributed by atoms with Crippen LogP contribution in [-0.4, -0.2) is 49.6 Å². The maximum Gasteiger partial charge on any atom is 0.163 e. The Hall–Kier alpha value is -1.79. The topological polar surface area (TPSA) is 65.6 Å². The van der Waals surface area contributed by atoms with Crippen molar-refractivity contribution >= 4 is 11.0 Å². The zero-order chi connectivity index (χ0) is 12.9. The standard InChI is InChI=1S/C13H16N2O4/c1-2-17-4-6-19-13-8-11-10(14-9-15-11)7-12(13)18-5-3-16-1/h7-9H,1-6H2,(H,14,15). The van der Waals surface area contributed by atoms with Crippen molar-refractivity contribution in [1.29, 1.82) is 0 Å². The number of hydrogen-bond donors (Lipinski definition) is 1. The van der Waals surface area contributed by atoms with Gasteiger partial charge in [-0.25, -0.2) is 4.98 Å². The molecule has 0 spiro atoms. The lowest BCUT2D eigenvalue weighted by molar-refractivity contribution is 0.0224. The first-order valence-electron chi connectivity index (χ1n) is 6.32. The van der Waals surface area contributed by atoms with Gasteiger partial charge in [0, 0.05) is 12.1 Å². The average Bonchev–Trinajstić information content (AvgIpc) is 2.85. The van der Waals surface area contributed by atoms with Gasteiger partial charge in [0.2, 0.25) is 0 Å². The van der Waals surface area contributed by atoms with Gasteiger partial charge in [0.05, 0.1) is 43.8 Å². The number of benzene rings is 1. The van der Waals surface area contributed by atoms with E-state index in [2.05, 4.69) is 9.97 Å². The molecule has 0 aliphatic carbocycles. The zero-order valence-corrected chi connectivity index (χ0v) is 10.6. The quantitative estimate of drug-likeness (QED) is 0.778.